The van der Waals surface area contributed by atoms with Crippen molar-refractivity contribution in [2.45, 2.75) is 65.4 Å². The number of terminal acetylenes is 1. The molecule has 0 saturated carbocycles. The van der Waals surface area contributed by atoms with Crippen molar-refractivity contribution in [3.63, 3.8) is 0 Å². The van der Waals surface area contributed by atoms with Crippen LogP contribution in [0.25, 0.3) is 0 Å². The highest BCUT2D eigenvalue weighted by atomic mass is 16.6. The van der Waals surface area contributed by atoms with Crippen LogP contribution in [0.5, 0.6) is 0 Å². The summed E-state index contributed by atoms with van der Waals surface area (Å²) in [6, 6.07) is 0. The minimum atomic E-state index is -0.815. The van der Waals surface area contributed by atoms with Crippen molar-refractivity contribution >= 4 is 23.9 Å². The molecule has 1 N–H and O–H groups in total. The number of nitrogens with one attached hydrogen (secondary N) is 1. The van der Waals surface area contributed by atoms with Gasteiger partial charge in [-0.2, -0.15) is 0 Å². The van der Waals surface area contributed by atoms with Gasteiger partial charge in [0.05, 0.1) is 12.5 Å². The number of nitrogens with zero attached hydrogens (tertiary/aromatic N) is 2. The monoisotopic (exact) mass is 477 g/mol. The third kappa shape index (κ3) is 8.54. The minimum absolute atomic E-state index is 0.0284. The van der Waals surface area contributed by atoms with Crippen molar-refractivity contribution in [1.29, 1.82) is 0 Å². The molecule has 1 unspecified atom stereocenters. The summed E-state index contributed by atoms with van der Waals surface area (Å²) < 4.78 is 10.3. The van der Waals surface area contributed by atoms with E-state index in [1.807, 2.05) is 20.8 Å². The van der Waals surface area contributed by atoms with Crippen molar-refractivity contribution in [3.8, 4) is 12.3 Å². The largest absolute Gasteiger partial charge is 0.465 e. The highest BCUT2D eigenvalue weighted by Gasteiger charge is 2.32. The van der Waals surface area contributed by atoms with E-state index in [9.17, 15) is 19.2 Å². The van der Waals surface area contributed by atoms with Crippen LogP contribution in [0.4, 0.5) is 4.79 Å². The molecule has 2 aliphatic rings. The number of hydrogen-bond donors (Lipinski definition) is 1. The normalized spacial score (nSPS) is 19.8. The average Bonchev–Trinajstić information content (AvgIpc) is 3.28. The van der Waals surface area contributed by atoms with Gasteiger partial charge >= 0.3 is 12.1 Å². The van der Waals surface area contributed by atoms with Crippen molar-refractivity contribution in [1.82, 2.24) is 15.1 Å². The van der Waals surface area contributed by atoms with Gasteiger partial charge in [-0.3, -0.25) is 14.4 Å². The average molecular weight is 478 g/mol. The molecule has 0 aromatic carbocycles. The lowest BCUT2D eigenvalue weighted by molar-refractivity contribution is -0.145. The molecular formula is C25H39N3O6. The minimum Gasteiger partial charge on any atom is -0.465 e. The van der Waals surface area contributed by atoms with Gasteiger partial charge in [-0.25, -0.2) is 4.79 Å². The molecule has 2 atom stereocenters. The number of carbonyl (C=O) groups is 4. The quantitative estimate of drug-likeness (QED) is 0.424. The van der Waals surface area contributed by atoms with Gasteiger partial charge in [0, 0.05) is 39.1 Å². The van der Waals surface area contributed by atoms with Crippen LogP contribution in [0.15, 0.2) is 0 Å². The number of piperidine rings is 1. The predicted octanol–water partition coefficient (Wildman–Crippen LogP) is 2.19. The van der Waals surface area contributed by atoms with Gasteiger partial charge in [0.2, 0.25) is 11.8 Å². The summed E-state index contributed by atoms with van der Waals surface area (Å²) >= 11 is 0. The molecule has 0 aliphatic carbocycles. The molecule has 9 heteroatoms. The molecule has 0 aromatic heterocycles. The second-order valence-electron chi connectivity index (χ2n) is 9.99. The fourth-order valence-corrected chi connectivity index (χ4v) is 4.22. The Hall–Kier alpha value is -2.76. The Labute approximate surface area is 202 Å². The fraction of sp³-hybridized carbons (Fsp3) is 0.760. The third-order valence-corrected chi connectivity index (χ3v) is 6.20. The molecular weight excluding hydrogens is 438 g/mol. The number of amides is 3. The number of hydrogen-bond acceptors (Lipinski definition) is 6. The summed E-state index contributed by atoms with van der Waals surface area (Å²) in [7, 11) is 0. The Balaban J connectivity index is 1.68. The summed E-state index contributed by atoms with van der Waals surface area (Å²) in [6.45, 7) is 9.73. The number of ether oxygens (including phenoxy) is 2. The predicted molar refractivity (Wildman–Crippen MR) is 126 cm³/mol. The highest BCUT2D eigenvalue weighted by Crippen LogP contribution is 2.25. The fourth-order valence-electron chi connectivity index (χ4n) is 4.22. The lowest BCUT2D eigenvalue weighted by atomic mass is 9.92. The van der Waals surface area contributed by atoms with Crippen LogP contribution in [-0.4, -0.2) is 78.6 Å². The molecule has 0 radical (unpaired) electrons. The first-order chi connectivity index (χ1) is 16.0. The van der Waals surface area contributed by atoms with E-state index in [-0.39, 0.29) is 37.0 Å². The van der Waals surface area contributed by atoms with Crippen molar-refractivity contribution in [2.24, 2.45) is 17.8 Å². The van der Waals surface area contributed by atoms with Gasteiger partial charge in [-0.05, 0) is 59.3 Å². The molecule has 2 fully saturated rings. The number of esters is 1. The van der Waals surface area contributed by atoms with E-state index < -0.39 is 17.5 Å². The van der Waals surface area contributed by atoms with Crippen LogP contribution in [0, 0.1) is 30.1 Å². The maximum absolute atomic E-state index is 12.7. The smallest absolute Gasteiger partial charge is 0.410 e. The molecule has 3 amide bonds. The van der Waals surface area contributed by atoms with E-state index in [1.54, 1.807) is 16.7 Å². The molecule has 9 nitrogen and oxygen atoms in total. The Bertz CT molecular complexity index is 777. The van der Waals surface area contributed by atoms with Crippen LogP contribution in [0.1, 0.15) is 59.8 Å². The molecule has 0 bridgehead atoms. The SMILES string of the molecule is C#C[C@@H](CNC(=O)C1CCN(C(=O)CCC2CCN(C(=O)OC(C)(C)C)CC2)C1)C(=O)OCC. The Morgan fingerprint density at radius 2 is 1.74 bits per heavy atom. The molecule has 0 aromatic rings. The first-order valence-corrected chi connectivity index (χ1v) is 12.2. The molecule has 2 heterocycles. The van der Waals surface area contributed by atoms with Gasteiger partial charge < -0.3 is 24.6 Å². The number of rotatable bonds is 8. The van der Waals surface area contributed by atoms with E-state index in [1.165, 1.54) is 0 Å². The Morgan fingerprint density at radius 1 is 1.09 bits per heavy atom. The second kappa shape index (κ2) is 12.6. The highest BCUT2D eigenvalue weighted by molar-refractivity contribution is 5.83. The van der Waals surface area contributed by atoms with Crippen molar-refractivity contribution in [3.05, 3.63) is 0 Å². The standard InChI is InChI=1S/C25H39N3O6/c1-6-19(23(31)33-7-2)16-26-22(30)20-12-15-28(17-20)21(29)9-8-18-10-13-27(14-11-18)24(32)34-25(3,4)5/h1,18-20H,7-17H2,2-5H3,(H,26,30)/t19-,20?/m0/s1. The van der Waals surface area contributed by atoms with Crippen LogP contribution < -0.4 is 5.32 Å². The maximum Gasteiger partial charge on any atom is 0.410 e. The summed E-state index contributed by atoms with van der Waals surface area (Å²) in [6.07, 6.45) is 8.60. The lowest BCUT2D eigenvalue weighted by Gasteiger charge is -2.33. The van der Waals surface area contributed by atoms with E-state index in [4.69, 9.17) is 15.9 Å². The zero-order valence-electron chi connectivity index (χ0n) is 20.9. The van der Waals surface area contributed by atoms with E-state index in [0.29, 0.717) is 44.9 Å². The van der Waals surface area contributed by atoms with E-state index in [0.717, 1.165) is 19.3 Å². The zero-order chi connectivity index (χ0) is 25.3. The number of likely N-dealkylation sites (tertiary alicyclic amines) is 2. The molecule has 34 heavy (non-hydrogen) atoms. The van der Waals surface area contributed by atoms with Crippen molar-refractivity contribution < 1.29 is 28.7 Å². The summed E-state index contributed by atoms with van der Waals surface area (Å²) in [5, 5.41) is 2.72. The number of carbonyl (C=O) groups excluding carboxylic acids is 4. The molecule has 0 spiro atoms. The van der Waals surface area contributed by atoms with E-state index in [2.05, 4.69) is 11.2 Å². The van der Waals surface area contributed by atoms with Crippen LogP contribution >= 0.6 is 0 Å². The van der Waals surface area contributed by atoms with E-state index >= 15 is 0 Å². The van der Waals surface area contributed by atoms with Gasteiger partial charge in [-0.15, -0.1) is 6.42 Å². The van der Waals surface area contributed by atoms with Gasteiger partial charge in [0.1, 0.15) is 11.5 Å². The first-order valence-electron chi connectivity index (χ1n) is 12.2. The molecule has 190 valence electrons. The summed E-state index contributed by atoms with van der Waals surface area (Å²) in [5.41, 5.74) is -0.505. The topological polar surface area (TPSA) is 105 Å². The summed E-state index contributed by atoms with van der Waals surface area (Å²) in [4.78, 5) is 52.6. The van der Waals surface area contributed by atoms with Gasteiger partial charge in [0.25, 0.3) is 0 Å². The van der Waals surface area contributed by atoms with Crippen LogP contribution in [-0.2, 0) is 23.9 Å². The Morgan fingerprint density at radius 3 is 2.32 bits per heavy atom. The third-order valence-electron chi connectivity index (χ3n) is 6.20. The van der Waals surface area contributed by atoms with Crippen molar-refractivity contribution in [2.75, 3.05) is 39.3 Å². The van der Waals surface area contributed by atoms with Gasteiger partial charge in [-0.1, -0.05) is 5.92 Å². The Kier molecular flexibility index (Phi) is 10.2. The maximum atomic E-state index is 12.7. The van der Waals surface area contributed by atoms with Crippen LogP contribution in [0.2, 0.25) is 0 Å². The second-order valence-corrected chi connectivity index (χ2v) is 9.99. The van der Waals surface area contributed by atoms with Gasteiger partial charge in [0.15, 0.2) is 0 Å². The molecule has 2 aliphatic heterocycles. The zero-order valence-corrected chi connectivity index (χ0v) is 20.9. The lowest BCUT2D eigenvalue weighted by Crippen LogP contribution is -2.42. The first kappa shape index (κ1) is 27.5. The van der Waals surface area contributed by atoms with Crippen LogP contribution in [0.3, 0.4) is 0 Å². The summed E-state index contributed by atoms with van der Waals surface area (Å²) in [5.74, 6) is 0.952. The molecule has 2 rings (SSSR count). The molecule has 2 saturated heterocycles.